The molecule has 0 radical (unpaired) electrons. The van der Waals surface area contributed by atoms with Gasteiger partial charge in [0.2, 0.25) is 15.9 Å². The van der Waals surface area contributed by atoms with Gasteiger partial charge < -0.3 is 9.72 Å². The van der Waals surface area contributed by atoms with Gasteiger partial charge in [-0.25, -0.2) is 8.42 Å². The standard InChI is InChI=1S/C18H21BrN4O5S/c19-14-11-16(20-12-14)18(25)22-21-17(24)6-3-13-1-4-15(5-2-13)29(26,27)23-7-9-28-10-8-23/h1-2,4-5,11-12,20H,3,6-10H2,(H,21,24)(H,22,25). The first-order valence-corrected chi connectivity index (χ1v) is 11.2. The Kier molecular flexibility index (Phi) is 7.06. The van der Waals surface area contributed by atoms with Crippen LogP contribution in [0.5, 0.6) is 0 Å². The number of carbonyl (C=O) groups excluding carboxylic acids is 2. The molecule has 3 N–H and O–H groups in total. The Labute approximate surface area is 177 Å². The molecule has 1 aliphatic heterocycles. The number of nitrogens with one attached hydrogen (secondary N) is 3. The molecule has 1 saturated heterocycles. The summed E-state index contributed by atoms with van der Waals surface area (Å²) in [4.78, 5) is 26.8. The fourth-order valence-electron chi connectivity index (χ4n) is 2.78. The zero-order chi connectivity index (χ0) is 20.9. The maximum Gasteiger partial charge on any atom is 0.286 e. The molecule has 0 saturated carbocycles. The fraction of sp³-hybridized carbons (Fsp3) is 0.333. The van der Waals surface area contributed by atoms with Gasteiger partial charge in [0.05, 0.1) is 18.1 Å². The third-order valence-corrected chi connectivity index (χ3v) is 6.75. The molecule has 0 aliphatic carbocycles. The smallest absolute Gasteiger partial charge is 0.286 e. The topological polar surface area (TPSA) is 121 Å². The normalized spacial score (nSPS) is 15.1. The van der Waals surface area contributed by atoms with E-state index in [0.29, 0.717) is 38.4 Å². The molecule has 2 aromatic rings. The number of amides is 2. The summed E-state index contributed by atoms with van der Waals surface area (Å²) in [5.74, 6) is -0.810. The summed E-state index contributed by atoms with van der Waals surface area (Å²) in [7, 11) is -3.53. The molecule has 1 aliphatic rings. The number of halogens is 1. The number of aromatic nitrogens is 1. The highest BCUT2D eigenvalue weighted by atomic mass is 79.9. The van der Waals surface area contributed by atoms with Crippen LogP contribution in [-0.4, -0.2) is 55.8 Å². The van der Waals surface area contributed by atoms with Crippen LogP contribution in [0, 0.1) is 0 Å². The lowest BCUT2D eigenvalue weighted by Gasteiger charge is -2.26. The average Bonchev–Trinajstić information content (AvgIpc) is 3.18. The summed E-state index contributed by atoms with van der Waals surface area (Å²) in [6.07, 6.45) is 2.16. The number of hydrogen-bond donors (Lipinski definition) is 3. The Bertz CT molecular complexity index is 968. The maximum atomic E-state index is 12.6. The number of benzene rings is 1. The maximum absolute atomic E-state index is 12.6. The van der Waals surface area contributed by atoms with Crippen molar-refractivity contribution in [1.82, 2.24) is 20.1 Å². The molecular formula is C18H21BrN4O5S. The number of aryl methyl sites for hydroxylation is 1. The number of morpholine rings is 1. The van der Waals surface area contributed by atoms with E-state index in [1.165, 1.54) is 4.31 Å². The summed E-state index contributed by atoms with van der Waals surface area (Å²) in [5.41, 5.74) is 5.81. The van der Waals surface area contributed by atoms with Gasteiger partial charge in [-0.15, -0.1) is 0 Å². The number of hydrogen-bond acceptors (Lipinski definition) is 5. The lowest BCUT2D eigenvalue weighted by Crippen LogP contribution is -2.41. The van der Waals surface area contributed by atoms with Gasteiger partial charge in [-0.1, -0.05) is 12.1 Å². The summed E-state index contributed by atoms with van der Waals surface area (Å²) in [6, 6.07) is 8.06. The molecular weight excluding hydrogens is 464 g/mol. The van der Waals surface area contributed by atoms with Crippen LogP contribution in [0.15, 0.2) is 45.9 Å². The Morgan fingerprint density at radius 3 is 2.45 bits per heavy atom. The summed E-state index contributed by atoms with van der Waals surface area (Å²) in [6.45, 7) is 1.47. The number of aromatic amines is 1. The lowest BCUT2D eigenvalue weighted by atomic mass is 10.1. The van der Waals surface area contributed by atoms with Gasteiger partial charge in [0.25, 0.3) is 5.91 Å². The van der Waals surface area contributed by atoms with Crippen molar-refractivity contribution in [2.75, 3.05) is 26.3 Å². The van der Waals surface area contributed by atoms with E-state index in [9.17, 15) is 18.0 Å². The SMILES string of the molecule is O=C(CCc1ccc(S(=O)(=O)N2CCOCC2)cc1)NNC(=O)c1cc(Br)c[nH]1. The number of ether oxygens (including phenoxy) is 1. The molecule has 0 spiro atoms. The molecule has 11 heteroatoms. The largest absolute Gasteiger partial charge is 0.379 e. The van der Waals surface area contributed by atoms with E-state index in [1.807, 2.05) is 0 Å². The molecule has 156 valence electrons. The lowest BCUT2D eigenvalue weighted by molar-refractivity contribution is -0.121. The van der Waals surface area contributed by atoms with Gasteiger partial charge in [0.1, 0.15) is 5.69 Å². The first-order valence-electron chi connectivity index (χ1n) is 8.96. The predicted octanol–water partition coefficient (Wildman–Crippen LogP) is 1.19. The molecule has 1 aromatic carbocycles. The molecule has 0 atom stereocenters. The van der Waals surface area contributed by atoms with E-state index < -0.39 is 15.9 Å². The number of rotatable bonds is 6. The molecule has 1 fully saturated rings. The number of carbonyl (C=O) groups is 2. The Morgan fingerprint density at radius 2 is 1.83 bits per heavy atom. The fourth-order valence-corrected chi connectivity index (χ4v) is 4.53. The number of nitrogens with zero attached hydrogens (tertiary/aromatic N) is 1. The number of hydrazine groups is 1. The molecule has 9 nitrogen and oxygen atoms in total. The molecule has 2 amide bonds. The summed E-state index contributed by atoms with van der Waals surface area (Å²) >= 11 is 3.23. The highest BCUT2D eigenvalue weighted by molar-refractivity contribution is 9.10. The van der Waals surface area contributed by atoms with Crippen LogP contribution in [0.2, 0.25) is 0 Å². The predicted molar refractivity (Wildman–Crippen MR) is 108 cm³/mol. The first kappa shape index (κ1) is 21.5. The Hall–Kier alpha value is -2.21. The Morgan fingerprint density at radius 1 is 1.14 bits per heavy atom. The van der Waals surface area contributed by atoms with Crippen LogP contribution in [0.25, 0.3) is 0 Å². The van der Waals surface area contributed by atoms with E-state index in [2.05, 4.69) is 31.8 Å². The second-order valence-corrected chi connectivity index (χ2v) is 9.25. The van der Waals surface area contributed by atoms with Crippen LogP contribution in [0.3, 0.4) is 0 Å². The van der Waals surface area contributed by atoms with Gasteiger partial charge in [-0.2, -0.15) is 4.31 Å². The van der Waals surface area contributed by atoms with Gasteiger partial charge >= 0.3 is 0 Å². The van der Waals surface area contributed by atoms with Gasteiger partial charge in [-0.05, 0) is 46.1 Å². The molecule has 0 bridgehead atoms. The van der Waals surface area contributed by atoms with Crippen molar-refractivity contribution in [1.29, 1.82) is 0 Å². The second kappa shape index (κ2) is 9.53. The van der Waals surface area contributed by atoms with Crippen molar-refractivity contribution in [2.45, 2.75) is 17.7 Å². The van der Waals surface area contributed by atoms with Crippen LogP contribution in [0.1, 0.15) is 22.5 Å². The van der Waals surface area contributed by atoms with E-state index in [0.717, 1.165) is 10.0 Å². The first-order chi connectivity index (χ1) is 13.9. The van der Waals surface area contributed by atoms with Gasteiger partial charge in [0, 0.05) is 30.2 Å². The van der Waals surface area contributed by atoms with Crippen LogP contribution >= 0.6 is 15.9 Å². The molecule has 3 rings (SSSR count). The van der Waals surface area contributed by atoms with Gasteiger partial charge in [-0.3, -0.25) is 20.4 Å². The van der Waals surface area contributed by atoms with Crippen molar-refractivity contribution in [2.24, 2.45) is 0 Å². The molecule has 2 heterocycles. The van der Waals surface area contributed by atoms with Crippen molar-refractivity contribution in [3.63, 3.8) is 0 Å². The van der Waals surface area contributed by atoms with E-state index in [4.69, 9.17) is 4.74 Å². The van der Waals surface area contributed by atoms with Crippen molar-refractivity contribution < 1.29 is 22.7 Å². The van der Waals surface area contributed by atoms with Crippen LogP contribution in [-0.2, 0) is 26.0 Å². The van der Waals surface area contributed by atoms with Gasteiger partial charge in [0.15, 0.2) is 0 Å². The minimum atomic E-state index is -3.53. The van der Waals surface area contributed by atoms with E-state index in [1.54, 1.807) is 36.5 Å². The second-order valence-electron chi connectivity index (χ2n) is 6.39. The number of sulfonamides is 1. The molecule has 1 aromatic heterocycles. The van der Waals surface area contributed by atoms with Crippen LogP contribution < -0.4 is 10.9 Å². The minimum absolute atomic E-state index is 0.143. The molecule has 0 unspecified atom stereocenters. The van der Waals surface area contributed by atoms with Crippen molar-refractivity contribution >= 4 is 37.8 Å². The monoisotopic (exact) mass is 484 g/mol. The zero-order valence-corrected chi connectivity index (χ0v) is 17.9. The highest BCUT2D eigenvalue weighted by Crippen LogP contribution is 2.18. The Balaban J connectivity index is 1.48. The summed E-state index contributed by atoms with van der Waals surface area (Å²) < 4.78 is 32.5. The highest BCUT2D eigenvalue weighted by Gasteiger charge is 2.26. The van der Waals surface area contributed by atoms with Crippen LogP contribution in [0.4, 0.5) is 0 Å². The third kappa shape index (κ3) is 5.66. The van der Waals surface area contributed by atoms with E-state index >= 15 is 0 Å². The molecule has 29 heavy (non-hydrogen) atoms. The third-order valence-electron chi connectivity index (χ3n) is 4.38. The van der Waals surface area contributed by atoms with E-state index in [-0.39, 0.29) is 17.2 Å². The minimum Gasteiger partial charge on any atom is -0.379 e. The average molecular weight is 485 g/mol. The van der Waals surface area contributed by atoms with Crippen molar-refractivity contribution in [3.8, 4) is 0 Å². The quantitative estimate of drug-likeness (QED) is 0.531. The number of H-pyrrole nitrogens is 1. The van der Waals surface area contributed by atoms with Crippen molar-refractivity contribution in [3.05, 3.63) is 52.3 Å². The zero-order valence-electron chi connectivity index (χ0n) is 15.5. The summed E-state index contributed by atoms with van der Waals surface area (Å²) in [5, 5.41) is 0.